The Bertz CT molecular complexity index is 1230. The quantitative estimate of drug-likeness (QED) is 0.240. The predicted octanol–water partition coefficient (Wildman–Crippen LogP) is 8.19. The third kappa shape index (κ3) is 5.98. The Morgan fingerprint density at radius 1 is 1.03 bits per heavy atom. The number of amides is 1. The molecule has 162 valence electrons. The van der Waals surface area contributed by atoms with Crippen LogP contribution < -0.4 is 10.1 Å². The molecule has 0 radical (unpaired) electrons. The summed E-state index contributed by atoms with van der Waals surface area (Å²) in [5, 5.41) is 13.4. The molecule has 0 heterocycles. The maximum absolute atomic E-state index is 12.6. The zero-order valence-electron chi connectivity index (χ0n) is 16.1. The highest BCUT2D eigenvalue weighted by Gasteiger charge is 2.15. The van der Waals surface area contributed by atoms with Gasteiger partial charge < -0.3 is 10.1 Å². The van der Waals surface area contributed by atoms with Crippen molar-refractivity contribution in [2.75, 3.05) is 5.32 Å². The van der Waals surface area contributed by atoms with E-state index in [9.17, 15) is 10.1 Å². The smallest absolute Gasteiger partial charge is 0.266 e. The third-order valence-electron chi connectivity index (χ3n) is 4.23. The molecule has 3 rings (SSSR count). The number of hydrogen-bond acceptors (Lipinski definition) is 3. The SMILES string of the molecule is N#C/C(=C/c1cc(Cl)c(OCc2ccccc2Cl)c(Br)c1)C(=O)Nc1cccc(Cl)c1Cl. The van der Waals surface area contributed by atoms with Crippen molar-refractivity contribution in [3.63, 3.8) is 0 Å². The average molecular weight is 571 g/mol. The number of ether oxygens (including phenoxy) is 1. The lowest BCUT2D eigenvalue weighted by Gasteiger charge is -2.12. The van der Waals surface area contributed by atoms with Crippen molar-refractivity contribution >= 4 is 80.0 Å². The van der Waals surface area contributed by atoms with E-state index in [2.05, 4.69) is 21.2 Å². The van der Waals surface area contributed by atoms with Crippen LogP contribution in [-0.2, 0) is 11.4 Å². The Morgan fingerprint density at radius 2 is 1.75 bits per heavy atom. The first kappa shape index (κ1) is 24.4. The van der Waals surface area contributed by atoms with Gasteiger partial charge in [-0.1, -0.05) is 70.7 Å². The molecule has 0 saturated heterocycles. The summed E-state index contributed by atoms with van der Waals surface area (Å²) in [5.74, 6) is -0.222. The minimum Gasteiger partial charge on any atom is -0.486 e. The Labute approximate surface area is 213 Å². The van der Waals surface area contributed by atoms with Gasteiger partial charge >= 0.3 is 0 Å². The number of benzene rings is 3. The first-order valence-corrected chi connectivity index (χ1v) is 11.3. The maximum atomic E-state index is 12.6. The molecule has 1 amide bonds. The fourth-order valence-electron chi connectivity index (χ4n) is 2.67. The number of anilines is 1. The third-order valence-corrected chi connectivity index (χ3v) is 6.28. The maximum Gasteiger partial charge on any atom is 0.266 e. The topological polar surface area (TPSA) is 62.1 Å². The lowest BCUT2D eigenvalue weighted by Crippen LogP contribution is -2.13. The number of nitriles is 1. The first-order chi connectivity index (χ1) is 15.3. The molecule has 0 saturated carbocycles. The number of halogens is 5. The molecule has 3 aromatic rings. The molecular weight excluding hydrogens is 558 g/mol. The molecular formula is C23H13BrCl4N2O2. The van der Waals surface area contributed by atoms with Gasteiger partial charge in [0.1, 0.15) is 18.2 Å². The summed E-state index contributed by atoms with van der Waals surface area (Å²) in [5.41, 5.74) is 1.49. The lowest BCUT2D eigenvalue weighted by atomic mass is 10.1. The number of hydrogen-bond donors (Lipinski definition) is 1. The van der Waals surface area contributed by atoms with Crippen LogP contribution in [0.5, 0.6) is 5.75 Å². The largest absolute Gasteiger partial charge is 0.486 e. The average Bonchev–Trinajstić information content (AvgIpc) is 2.75. The van der Waals surface area contributed by atoms with Crippen LogP contribution in [0.1, 0.15) is 11.1 Å². The van der Waals surface area contributed by atoms with Gasteiger partial charge in [0.2, 0.25) is 0 Å². The predicted molar refractivity (Wildman–Crippen MR) is 134 cm³/mol. The van der Waals surface area contributed by atoms with E-state index in [1.54, 1.807) is 36.4 Å². The Hall–Kier alpha value is -2.20. The fraction of sp³-hybridized carbons (Fsp3) is 0.0435. The fourth-order valence-corrected chi connectivity index (χ4v) is 4.20. The van der Waals surface area contributed by atoms with E-state index in [1.165, 1.54) is 6.08 Å². The highest BCUT2D eigenvalue weighted by atomic mass is 79.9. The summed E-state index contributed by atoms with van der Waals surface area (Å²) in [6, 6.07) is 17.3. The molecule has 0 aliphatic carbocycles. The molecule has 4 nitrogen and oxygen atoms in total. The minimum absolute atomic E-state index is 0.145. The van der Waals surface area contributed by atoms with Gasteiger partial charge in [-0.3, -0.25) is 4.79 Å². The van der Waals surface area contributed by atoms with E-state index >= 15 is 0 Å². The van der Waals surface area contributed by atoms with Gasteiger partial charge in [-0.05, 0) is 57.9 Å². The van der Waals surface area contributed by atoms with Crippen molar-refractivity contribution in [1.29, 1.82) is 5.26 Å². The molecule has 0 unspecified atom stereocenters. The van der Waals surface area contributed by atoms with E-state index in [-0.39, 0.29) is 22.2 Å². The standard InChI is InChI=1S/C23H13BrCl4N2O2/c24-16-9-13(10-19(27)22(16)32-12-14-4-1-2-5-17(14)25)8-15(11-29)23(31)30-20-7-3-6-18(26)21(20)28/h1-10H,12H2,(H,30,31)/b15-8-. The summed E-state index contributed by atoms with van der Waals surface area (Å²) in [4.78, 5) is 12.6. The monoisotopic (exact) mass is 568 g/mol. The van der Waals surface area contributed by atoms with Gasteiger partial charge in [-0.15, -0.1) is 0 Å². The Kier molecular flexibility index (Phi) is 8.47. The van der Waals surface area contributed by atoms with E-state index in [4.69, 9.17) is 51.1 Å². The molecule has 3 aromatic carbocycles. The van der Waals surface area contributed by atoms with Gasteiger partial charge in [-0.25, -0.2) is 0 Å². The highest BCUT2D eigenvalue weighted by molar-refractivity contribution is 9.10. The normalized spacial score (nSPS) is 11.1. The zero-order valence-corrected chi connectivity index (χ0v) is 20.7. The number of rotatable bonds is 6. The molecule has 0 aliphatic rings. The number of carbonyl (C=O) groups is 1. The van der Waals surface area contributed by atoms with E-state index in [0.29, 0.717) is 31.5 Å². The van der Waals surface area contributed by atoms with Gasteiger partial charge in [0, 0.05) is 10.6 Å². The van der Waals surface area contributed by atoms with Crippen LogP contribution in [0, 0.1) is 11.3 Å². The van der Waals surface area contributed by atoms with Crippen LogP contribution in [-0.4, -0.2) is 5.91 Å². The van der Waals surface area contributed by atoms with Crippen molar-refractivity contribution in [2.45, 2.75) is 6.61 Å². The van der Waals surface area contributed by atoms with Crippen molar-refractivity contribution in [2.24, 2.45) is 0 Å². The molecule has 0 atom stereocenters. The van der Waals surface area contributed by atoms with Crippen LogP contribution in [0.3, 0.4) is 0 Å². The van der Waals surface area contributed by atoms with Crippen LogP contribution in [0.2, 0.25) is 20.1 Å². The lowest BCUT2D eigenvalue weighted by molar-refractivity contribution is -0.112. The summed E-state index contributed by atoms with van der Waals surface area (Å²) in [7, 11) is 0. The van der Waals surface area contributed by atoms with Gasteiger partial charge in [-0.2, -0.15) is 5.26 Å². The molecule has 0 bridgehead atoms. The van der Waals surface area contributed by atoms with Crippen molar-refractivity contribution < 1.29 is 9.53 Å². The van der Waals surface area contributed by atoms with Gasteiger partial charge in [0.05, 0.1) is 25.2 Å². The molecule has 32 heavy (non-hydrogen) atoms. The molecule has 1 N–H and O–H groups in total. The van der Waals surface area contributed by atoms with Crippen LogP contribution in [0.4, 0.5) is 5.69 Å². The number of nitrogens with zero attached hydrogens (tertiary/aromatic N) is 1. The number of carbonyl (C=O) groups excluding carboxylic acids is 1. The van der Waals surface area contributed by atoms with E-state index in [0.717, 1.165) is 5.56 Å². The van der Waals surface area contributed by atoms with Crippen molar-refractivity contribution in [3.8, 4) is 11.8 Å². The zero-order chi connectivity index (χ0) is 23.3. The van der Waals surface area contributed by atoms with E-state index < -0.39 is 5.91 Å². The van der Waals surface area contributed by atoms with Crippen molar-refractivity contribution in [1.82, 2.24) is 0 Å². The Morgan fingerprint density at radius 3 is 2.44 bits per heavy atom. The number of nitrogens with one attached hydrogen (secondary N) is 1. The second kappa shape index (κ2) is 11.1. The molecule has 0 aliphatic heterocycles. The summed E-state index contributed by atoms with van der Waals surface area (Å²) in [6.07, 6.45) is 1.41. The second-order valence-electron chi connectivity index (χ2n) is 6.42. The molecule has 0 spiro atoms. The summed E-state index contributed by atoms with van der Waals surface area (Å²) >= 11 is 28.0. The van der Waals surface area contributed by atoms with Crippen LogP contribution in [0.25, 0.3) is 6.08 Å². The van der Waals surface area contributed by atoms with Crippen LogP contribution >= 0.6 is 62.3 Å². The van der Waals surface area contributed by atoms with Crippen molar-refractivity contribution in [3.05, 3.63) is 95.9 Å². The minimum atomic E-state index is -0.636. The highest BCUT2D eigenvalue weighted by Crippen LogP contribution is 2.36. The van der Waals surface area contributed by atoms with E-state index in [1.807, 2.05) is 24.3 Å². The first-order valence-electron chi connectivity index (χ1n) is 9.02. The van der Waals surface area contributed by atoms with Gasteiger partial charge in [0.25, 0.3) is 5.91 Å². The summed E-state index contributed by atoms with van der Waals surface area (Å²) < 4.78 is 6.37. The molecule has 0 fully saturated rings. The van der Waals surface area contributed by atoms with Gasteiger partial charge in [0.15, 0.2) is 5.75 Å². The molecule has 0 aromatic heterocycles. The van der Waals surface area contributed by atoms with Crippen LogP contribution in [0.15, 0.2) is 64.6 Å². The summed E-state index contributed by atoms with van der Waals surface area (Å²) in [6.45, 7) is 0.222. The Balaban J connectivity index is 1.80. The second-order valence-corrected chi connectivity index (χ2v) is 8.87. The molecule has 9 heteroatoms.